The first-order valence-electron chi connectivity index (χ1n) is 7.83. The van der Waals surface area contributed by atoms with Gasteiger partial charge in [0.15, 0.2) is 28.8 Å². The molecule has 0 saturated carbocycles. The second-order valence-corrected chi connectivity index (χ2v) is 5.19. The zero-order valence-electron chi connectivity index (χ0n) is 15.5. The van der Waals surface area contributed by atoms with Gasteiger partial charge in [-0.3, -0.25) is 4.79 Å². The molecule has 2 aromatic carbocycles. The highest BCUT2D eigenvalue weighted by molar-refractivity contribution is 6.07. The van der Waals surface area contributed by atoms with E-state index in [2.05, 4.69) is 0 Å². The van der Waals surface area contributed by atoms with Crippen molar-refractivity contribution in [1.29, 1.82) is 0 Å². The van der Waals surface area contributed by atoms with Crippen LogP contribution in [0.15, 0.2) is 36.4 Å². The lowest BCUT2D eigenvalue weighted by Gasteiger charge is -2.13. The lowest BCUT2D eigenvalue weighted by molar-refractivity contribution is 0.104. The van der Waals surface area contributed by atoms with E-state index in [-0.39, 0.29) is 5.78 Å². The molecule has 0 N–H and O–H groups in total. The van der Waals surface area contributed by atoms with Crippen LogP contribution in [-0.4, -0.2) is 41.3 Å². The van der Waals surface area contributed by atoms with Crippen LogP contribution < -0.4 is 23.7 Å². The third-order valence-corrected chi connectivity index (χ3v) is 3.80. The maximum absolute atomic E-state index is 12.6. The van der Waals surface area contributed by atoms with Crippen LogP contribution >= 0.6 is 0 Å². The summed E-state index contributed by atoms with van der Waals surface area (Å²) in [5.41, 5.74) is 1.14. The Bertz CT molecular complexity index is 785. The second kappa shape index (κ2) is 8.80. The Hall–Kier alpha value is -3.15. The van der Waals surface area contributed by atoms with E-state index in [0.29, 0.717) is 34.3 Å². The summed E-state index contributed by atoms with van der Waals surface area (Å²) < 4.78 is 26.5. The molecular formula is C20H22O6. The molecule has 0 unspecified atom stereocenters. The highest BCUT2D eigenvalue weighted by atomic mass is 16.5. The van der Waals surface area contributed by atoms with Crippen molar-refractivity contribution < 1.29 is 28.5 Å². The van der Waals surface area contributed by atoms with Crippen molar-refractivity contribution in [1.82, 2.24) is 0 Å². The predicted octanol–water partition coefficient (Wildman–Crippen LogP) is 3.63. The minimum atomic E-state index is -0.214. The number of rotatable bonds is 8. The molecule has 0 saturated heterocycles. The maximum Gasteiger partial charge on any atom is 0.203 e. The van der Waals surface area contributed by atoms with Gasteiger partial charge in [0.2, 0.25) is 5.75 Å². The number of hydrogen-bond donors (Lipinski definition) is 0. The number of para-hydroxylation sites is 1. The van der Waals surface area contributed by atoms with Gasteiger partial charge >= 0.3 is 0 Å². The summed E-state index contributed by atoms with van der Waals surface area (Å²) in [6.07, 6.45) is 3.13. The molecule has 0 aliphatic rings. The summed E-state index contributed by atoms with van der Waals surface area (Å²) in [6, 6.07) is 8.66. The summed E-state index contributed by atoms with van der Waals surface area (Å²) >= 11 is 0. The smallest absolute Gasteiger partial charge is 0.203 e. The van der Waals surface area contributed by atoms with Crippen molar-refractivity contribution >= 4 is 11.9 Å². The molecule has 2 rings (SSSR count). The van der Waals surface area contributed by atoms with Crippen molar-refractivity contribution in [3.05, 3.63) is 47.5 Å². The van der Waals surface area contributed by atoms with Gasteiger partial charge in [-0.25, -0.2) is 0 Å². The molecule has 0 aliphatic heterocycles. The average Bonchev–Trinajstić information content (AvgIpc) is 2.69. The Labute approximate surface area is 152 Å². The predicted molar refractivity (Wildman–Crippen MR) is 99.0 cm³/mol. The summed E-state index contributed by atoms with van der Waals surface area (Å²) in [5, 5.41) is 0. The highest BCUT2D eigenvalue weighted by Gasteiger charge is 2.16. The molecule has 0 amide bonds. The summed E-state index contributed by atoms with van der Waals surface area (Å²) in [6.45, 7) is 0. The van der Waals surface area contributed by atoms with Crippen LogP contribution in [0, 0.1) is 0 Å². The van der Waals surface area contributed by atoms with Gasteiger partial charge in [0, 0.05) is 11.1 Å². The van der Waals surface area contributed by atoms with Crippen molar-refractivity contribution in [2.45, 2.75) is 0 Å². The lowest BCUT2D eigenvalue weighted by Crippen LogP contribution is -2.00. The zero-order chi connectivity index (χ0) is 19.1. The Morgan fingerprint density at radius 1 is 0.769 bits per heavy atom. The number of carbonyl (C=O) groups excluding carboxylic acids is 1. The average molecular weight is 358 g/mol. The van der Waals surface area contributed by atoms with Crippen LogP contribution in [-0.2, 0) is 0 Å². The number of carbonyl (C=O) groups is 1. The minimum Gasteiger partial charge on any atom is -0.493 e. The third-order valence-electron chi connectivity index (χ3n) is 3.80. The Morgan fingerprint density at radius 3 is 1.85 bits per heavy atom. The van der Waals surface area contributed by atoms with E-state index >= 15 is 0 Å². The van der Waals surface area contributed by atoms with Crippen LogP contribution in [0.3, 0.4) is 0 Å². The van der Waals surface area contributed by atoms with Crippen LogP contribution in [0.2, 0.25) is 0 Å². The SMILES string of the molecule is COc1cccc(C=CC(=O)c2cc(OC)c(OC)c(OC)c2)c1OC. The molecule has 0 bridgehead atoms. The van der Waals surface area contributed by atoms with Crippen LogP contribution in [0.1, 0.15) is 15.9 Å². The Kier molecular flexibility index (Phi) is 6.49. The van der Waals surface area contributed by atoms with Crippen molar-refractivity contribution in [2.75, 3.05) is 35.5 Å². The van der Waals surface area contributed by atoms with E-state index < -0.39 is 0 Å². The fourth-order valence-corrected chi connectivity index (χ4v) is 2.53. The normalized spacial score (nSPS) is 10.5. The maximum atomic E-state index is 12.6. The quantitative estimate of drug-likeness (QED) is 0.530. The standard InChI is InChI=1S/C20H22O6/c1-22-16-8-6-7-13(19(16)25-4)9-10-15(21)14-11-17(23-2)20(26-5)18(12-14)24-3/h6-12H,1-5H3. The highest BCUT2D eigenvalue weighted by Crippen LogP contribution is 2.38. The Balaban J connectivity index is 2.38. The first-order chi connectivity index (χ1) is 12.6. The number of benzene rings is 2. The molecule has 0 spiro atoms. The van der Waals surface area contributed by atoms with Gasteiger partial charge in [0.05, 0.1) is 35.5 Å². The van der Waals surface area contributed by atoms with Crippen molar-refractivity contribution in [3.8, 4) is 28.7 Å². The number of ketones is 1. The van der Waals surface area contributed by atoms with Crippen molar-refractivity contribution in [2.24, 2.45) is 0 Å². The van der Waals surface area contributed by atoms with E-state index in [1.54, 1.807) is 38.5 Å². The van der Waals surface area contributed by atoms with Gasteiger partial charge < -0.3 is 23.7 Å². The number of ether oxygens (including phenoxy) is 5. The first-order valence-corrected chi connectivity index (χ1v) is 7.83. The van der Waals surface area contributed by atoms with Gasteiger partial charge in [-0.05, 0) is 30.4 Å². The molecule has 2 aromatic rings. The monoisotopic (exact) mass is 358 g/mol. The Morgan fingerprint density at radius 2 is 1.35 bits per heavy atom. The molecule has 0 atom stereocenters. The first kappa shape index (κ1) is 19.2. The van der Waals surface area contributed by atoms with E-state index in [0.717, 1.165) is 5.56 Å². The van der Waals surface area contributed by atoms with Gasteiger partial charge in [-0.1, -0.05) is 12.1 Å². The number of hydrogen-bond acceptors (Lipinski definition) is 6. The molecule has 26 heavy (non-hydrogen) atoms. The summed E-state index contributed by atoms with van der Waals surface area (Å²) in [5.74, 6) is 2.21. The molecule has 6 nitrogen and oxygen atoms in total. The molecule has 0 heterocycles. The molecule has 6 heteroatoms. The van der Waals surface area contributed by atoms with E-state index in [4.69, 9.17) is 23.7 Å². The van der Waals surface area contributed by atoms with E-state index in [9.17, 15) is 4.79 Å². The number of methoxy groups -OCH3 is 5. The third kappa shape index (κ3) is 3.91. The van der Waals surface area contributed by atoms with E-state index in [1.807, 2.05) is 12.1 Å². The molecule has 0 radical (unpaired) electrons. The minimum absolute atomic E-state index is 0.214. The summed E-state index contributed by atoms with van der Waals surface area (Å²) in [4.78, 5) is 12.6. The second-order valence-electron chi connectivity index (χ2n) is 5.19. The van der Waals surface area contributed by atoms with Crippen LogP contribution in [0.25, 0.3) is 6.08 Å². The molecule has 0 fully saturated rings. The van der Waals surface area contributed by atoms with Gasteiger partial charge in [0.25, 0.3) is 0 Å². The van der Waals surface area contributed by atoms with Gasteiger partial charge in [0.1, 0.15) is 0 Å². The summed E-state index contributed by atoms with van der Waals surface area (Å²) in [7, 11) is 7.63. The number of allylic oxidation sites excluding steroid dienone is 1. The van der Waals surface area contributed by atoms with Gasteiger partial charge in [-0.2, -0.15) is 0 Å². The molecule has 138 valence electrons. The molecule has 0 aromatic heterocycles. The fraction of sp³-hybridized carbons (Fsp3) is 0.250. The van der Waals surface area contributed by atoms with E-state index in [1.165, 1.54) is 27.4 Å². The molecular weight excluding hydrogens is 336 g/mol. The topological polar surface area (TPSA) is 63.2 Å². The molecule has 0 aliphatic carbocycles. The van der Waals surface area contributed by atoms with Crippen LogP contribution in [0.5, 0.6) is 28.7 Å². The van der Waals surface area contributed by atoms with Crippen molar-refractivity contribution in [3.63, 3.8) is 0 Å². The largest absolute Gasteiger partial charge is 0.493 e. The lowest BCUT2D eigenvalue weighted by atomic mass is 10.1. The van der Waals surface area contributed by atoms with Crippen LogP contribution in [0.4, 0.5) is 0 Å². The fourth-order valence-electron chi connectivity index (χ4n) is 2.53. The zero-order valence-corrected chi connectivity index (χ0v) is 15.5. The van der Waals surface area contributed by atoms with Gasteiger partial charge in [-0.15, -0.1) is 0 Å².